The smallest absolute Gasteiger partial charge is 0.303 e. The molecule has 0 bridgehead atoms. The zero-order valence-corrected chi connectivity index (χ0v) is 10.7. The first-order valence-electron chi connectivity index (χ1n) is 5.72. The summed E-state index contributed by atoms with van der Waals surface area (Å²) in [7, 11) is -3.38. The molecule has 0 aromatic rings. The molecule has 17 heavy (non-hydrogen) atoms. The standard InChI is InChI=1S/C10H19NO5S/c1-8(4-5-10(12)13)11-17(14,15)7-9-3-2-6-16-9/h8-9,11H,2-7H2,1H3,(H,12,13). The van der Waals surface area contributed by atoms with Crippen molar-refractivity contribution in [2.24, 2.45) is 0 Å². The fourth-order valence-corrected chi connectivity index (χ4v) is 3.35. The lowest BCUT2D eigenvalue weighted by Gasteiger charge is -2.15. The first-order valence-corrected chi connectivity index (χ1v) is 7.37. The molecule has 100 valence electrons. The van der Waals surface area contributed by atoms with E-state index in [2.05, 4.69) is 4.72 Å². The van der Waals surface area contributed by atoms with Crippen molar-refractivity contribution in [3.8, 4) is 0 Å². The Morgan fingerprint density at radius 3 is 2.82 bits per heavy atom. The highest BCUT2D eigenvalue weighted by Gasteiger charge is 2.24. The summed E-state index contributed by atoms with van der Waals surface area (Å²) in [6.07, 6.45) is 1.70. The number of carbonyl (C=O) groups is 1. The van der Waals surface area contributed by atoms with Gasteiger partial charge in [-0.1, -0.05) is 0 Å². The van der Waals surface area contributed by atoms with Crippen LogP contribution in [0.25, 0.3) is 0 Å². The Kier molecular flexibility index (Phi) is 5.35. The van der Waals surface area contributed by atoms with Crippen molar-refractivity contribution in [3.05, 3.63) is 0 Å². The summed E-state index contributed by atoms with van der Waals surface area (Å²) in [6, 6.07) is -0.363. The molecule has 7 heteroatoms. The van der Waals surface area contributed by atoms with E-state index in [4.69, 9.17) is 9.84 Å². The van der Waals surface area contributed by atoms with Crippen LogP contribution in [-0.2, 0) is 19.6 Å². The minimum Gasteiger partial charge on any atom is -0.481 e. The molecule has 0 radical (unpaired) electrons. The van der Waals surface area contributed by atoms with Gasteiger partial charge in [0.1, 0.15) is 0 Å². The van der Waals surface area contributed by atoms with Crippen LogP contribution in [0.5, 0.6) is 0 Å². The fraction of sp³-hybridized carbons (Fsp3) is 0.900. The number of carboxylic acids is 1. The summed E-state index contributed by atoms with van der Waals surface area (Å²) in [6.45, 7) is 2.28. The molecule has 0 saturated carbocycles. The van der Waals surface area contributed by atoms with Gasteiger partial charge in [-0.25, -0.2) is 13.1 Å². The first kappa shape index (κ1) is 14.4. The molecule has 1 aliphatic rings. The van der Waals surface area contributed by atoms with E-state index in [0.717, 1.165) is 12.8 Å². The fourth-order valence-electron chi connectivity index (χ4n) is 1.77. The Morgan fingerprint density at radius 1 is 1.59 bits per heavy atom. The zero-order valence-electron chi connectivity index (χ0n) is 9.89. The SMILES string of the molecule is CC(CCC(=O)O)NS(=O)(=O)CC1CCCO1. The summed E-state index contributed by atoms with van der Waals surface area (Å²) >= 11 is 0. The van der Waals surface area contributed by atoms with Crippen molar-refractivity contribution < 1.29 is 23.1 Å². The van der Waals surface area contributed by atoms with Gasteiger partial charge in [-0.05, 0) is 26.2 Å². The maximum atomic E-state index is 11.7. The topological polar surface area (TPSA) is 92.7 Å². The van der Waals surface area contributed by atoms with Crippen LogP contribution >= 0.6 is 0 Å². The van der Waals surface area contributed by atoms with Gasteiger partial charge in [0.15, 0.2) is 0 Å². The molecule has 1 aliphatic heterocycles. The van der Waals surface area contributed by atoms with Crippen LogP contribution < -0.4 is 4.72 Å². The predicted octanol–water partition coefficient (Wildman–Crippen LogP) is 0.338. The third-order valence-corrected chi connectivity index (χ3v) is 4.17. The maximum absolute atomic E-state index is 11.7. The van der Waals surface area contributed by atoms with Gasteiger partial charge in [0, 0.05) is 19.1 Å². The van der Waals surface area contributed by atoms with E-state index >= 15 is 0 Å². The summed E-state index contributed by atoms with van der Waals surface area (Å²) in [5.74, 6) is -0.958. The summed E-state index contributed by atoms with van der Waals surface area (Å²) in [4.78, 5) is 10.4. The van der Waals surface area contributed by atoms with Crippen LogP contribution in [0.3, 0.4) is 0 Å². The number of hydrogen-bond acceptors (Lipinski definition) is 4. The molecule has 2 atom stereocenters. The first-order chi connectivity index (χ1) is 7.89. The number of aliphatic carboxylic acids is 1. The lowest BCUT2D eigenvalue weighted by Crippen LogP contribution is -2.37. The van der Waals surface area contributed by atoms with Crippen molar-refractivity contribution in [1.29, 1.82) is 0 Å². The second kappa shape index (κ2) is 6.32. The van der Waals surface area contributed by atoms with Gasteiger partial charge < -0.3 is 9.84 Å². The van der Waals surface area contributed by atoms with Gasteiger partial charge >= 0.3 is 5.97 Å². The van der Waals surface area contributed by atoms with E-state index in [1.807, 2.05) is 0 Å². The third-order valence-electron chi connectivity index (χ3n) is 2.60. The molecule has 6 nitrogen and oxygen atoms in total. The monoisotopic (exact) mass is 265 g/mol. The van der Waals surface area contributed by atoms with Gasteiger partial charge in [-0.2, -0.15) is 0 Å². The Balaban J connectivity index is 2.34. The second-order valence-electron chi connectivity index (χ2n) is 4.37. The Labute approximate surface area is 101 Å². The van der Waals surface area contributed by atoms with Gasteiger partial charge in [-0.3, -0.25) is 4.79 Å². The molecule has 1 heterocycles. The van der Waals surface area contributed by atoms with Crippen LogP contribution in [0.15, 0.2) is 0 Å². The number of hydrogen-bond donors (Lipinski definition) is 2. The molecule has 1 saturated heterocycles. The minimum atomic E-state index is -3.38. The number of carboxylic acid groups (broad SMARTS) is 1. The molecule has 2 unspecified atom stereocenters. The molecule has 2 N–H and O–H groups in total. The molecule has 1 fully saturated rings. The van der Waals surface area contributed by atoms with E-state index < -0.39 is 16.0 Å². The van der Waals surface area contributed by atoms with E-state index in [1.54, 1.807) is 6.92 Å². The van der Waals surface area contributed by atoms with E-state index in [1.165, 1.54) is 0 Å². The van der Waals surface area contributed by atoms with E-state index in [0.29, 0.717) is 13.0 Å². The maximum Gasteiger partial charge on any atom is 0.303 e. The molecule has 0 aromatic heterocycles. The van der Waals surface area contributed by atoms with Crippen LogP contribution in [0, 0.1) is 0 Å². The van der Waals surface area contributed by atoms with Crippen molar-refractivity contribution in [1.82, 2.24) is 4.72 Å². The van der Waals surface area contributed by atoms with Gasteiger partial charge in [0.25, 0.3) is 0 Å². The lowest BCUT2D eigenvalue weighted by molar-refractivity contribution is -0.137. The van der Waals surface area contributed by atoms with Gasteiger partial charge in [-0.15, -0.1) is 0 Å². The lowest BCUT2D eigenvalue weighted by atomic mass is 10.2. The van der Waals surface area contributed by atoms with Gasteiger partial charge in [0.2, 0.25) is 10.0 Å². The van der Waals surface area contributed by atoms with E-state index in [9.17, 15) is 13.2 Å². The van der Waals surface area contributed by atoms with Crippen molar-refractivity contribution in [2.45, 2.75) is 44.8 Å². The van der Waals surface area contributed by atoms with Crippen LogP contribution in [0.2, 0.25) is 0 Å². The van der Waals surface area contributed by atoms with Crippen molar-refractivity contribution in [2.75, 3.05) is 12.4 Å². The molecule has 0 aliphatic carbocycles. The van der Waals surface area contributed by atoms with Crippen molar-refractivity contribution in [3.63, 3.8) is 0 Å². The predicted molar refractivity (Wildman–Crippen MR) is 62.2 cm³/mol. The highest BCUT2D eigenvalue weighted by Crippen LogP contribution is 2.13. The van der Waals surface area contributed by atoms with Crippen LogP contribution in [0.4, 0.5) is 0 Å². The quantitative estimate of drug-likeness (QED) is 0.692. The Morgan fingerprint density at radius 2 is 2.29 bits per heavy atom. The van der Waals surface area contributed by atoms with Gasteiger partial charge in [0.05, 0.1) is 11.9 Å². The number of rotatable bonds is 7. The molecule has 0 aromatic carbocycles. The summed E-state index contributed by atoms with van der Waals surface area (Å²) in [5.41, 5.74) is 0. The van der Waals surface area contributed by atoms with Crippen LogP contribution in [-0.4, -0.2) is 44.0 Å². The normalized spacial score (nSPS) is 22.5. The molecular formula is C10H19NO5S. The molecule has 1 rings (SSSR count). The highest BCUT2D eigenvalue weighted by atomic mass is 32.2. The van der Waals surface area contributed by atoms with E-state index in [-0.39, 0.29) is 24.3 Å². The number of nitrogens with one attached hydrogen (secondary N) is 1. The molecular weight excluding hydrogens is 246 g/mol. The largest absolute Gasteiger partial charge is 0.481 e. The Bertz CT molecular complexity index is 348. The molecule has 0 spiro atoms. The third kappa shape index (κ3) is 5.99. The minimum absolute atomic E-state index is 0.0373. The average molecular weight is 265 g/mol. The highest BCUT2D eigenvalue weighted by molar-refractivity contribution is 7.89. The second-order valence-corrected chi connectivity index (χ2v) is 6.17. The Hall–Kier alpha value is -0.660. The number of sulfonamides is 1. The average Bonchev–Trinajstić information content (AvgIpc) is 2.65. The summed E-state index contributed by atoms with van der Waals surface area (Å²) < 4.78 is 31.1. The van der Waals surface area contributed by atoms with Crippen LogP contribution in [0.1, 0.15) is 32.6 Å². The summed E-state index contributed by atoms with van der Waals surface area (Å²) in [5, 5.41) is 8.49. The zero-order chi connectivity index (χ0) is 12.9. The molecule has 0 amide bonds. The number of ether oxygens (including phenoxy) is 1. The van der Waals surface area contributed by atoms with Crippen molar-refractivity contribution >= 4 is 16.0 Å².